The number of aromatic nitrogens is 2. The molecule has 0 amide bonds. The third kappa shape index (κ3) is 1.79. The maximum atomic E-state index is 9.29. The number of aliphatic hydroxyl groups is 1. The van der Waals surface area contributed by atoms with Crippen molar-refractivity contribution in [3.05, 3.63) is 18.0 Å². The highest BCUT2D eigenvalue weighted by Gasteiger charge is 2.53. The van der Waals surface area contributed by atoms with E-state index >= 15 is 0 Å². The molecule has 1 aliphatic carbocycles. The van der Waals surface area contributed by atoms with Crippen LogP contribution in [0.3, 0.4) is 0 Å². The van der Waals surface area contributed by atoms with Crippen molar-refractivity contribution in [2.45, 2.75) is 32.2 Å². The number of hydrogen-bond donors (Lipinski definition) is 2. The van der Waals surface area contributed by atoms with E-state index in [0.717, 1.165) is 19.4 Å². The molecule has 84 valence electrons. The molecule has 1 aliphatic rings. The van der Waals surface area contributed by atoms with E-state index in [1.54, 1.807) is 0 Å². The maximum Gasteiger partial charge on any atom is 0.0524 e. The molecule has 3 N–H and O–H groups in total. The molecule has 0 bridgehead atoms. The zero-order chi connectivity index (χ0) is 10.9. The SMILES string of the molecule is CCCn1cc(C2CC2(CN)CO)cn1. The minimum atomic E-state index is -0.0555. The van der Waals surface area contributed by atoms with Crippen molar-refractivity contribution in [2.75, 3.05) is 13.2 Å². The molecule has 4 nitrogen and oxygen atoms in total. The summed E-state index contributed by atoms with van der Waals surface area (Å²) >= 11 is 0. The Kier molecular flexibility index (Phi) is 2.80. The third-order valence-corrected chi connectivity index (χ3v) is 3.42. The minimum absolute atomic E-state index is 0.0555. The van der Waals surface area contributed by atoms with Crippen molar-refractivity contribution >= 4 is 0 Å². The molecule has 2 rings (SSSR count). The second-order valence-electron chi connectivity index (χ2n) is 4.52. The number of nitrogens with zero attached hydrogens (tertiary/aromatic N) is 2. The van der Waals surface area contributed by atoms with E-state index in [4.69, 9.17) is 5.73 Å². The van der Waals surface area contributed by atoms with Crippen molar-refractivity contribution < 1.29 is 5.11 Å². The Morgan fingerprint density at radius 1 is 1.73 bits per heavy atom. The van der Waals surface area contributed by atoms with Crippen LogP contribution in [0.4, 0.5) is 0 Å². The summed E-state index contributed by atoms with van der Waals surface area (Å²) in [6.45, 7) is 3.85. The van der Waals surface area contributed by atoms with Crippen LogP contribution in [0, 0.1) is 5.41 Å². The second kappa shape index (κ2) is 3.94. The Morgan fingerprint density at radius 3 is 3.07 bits per heavy atom. The molecule has 1 fully saturated rings. The quantitative estimate of drug-likeness (QED) is 0.751. The van der Waals surface area contributed by atoms with Crippen molar-refractivity contribution in [1.29, 1.82) is 0 Å². The molecule has 2 atom stereocenters. The van der Waals surface area contributed by atoms with Crippen molar-refractivity contribution in [3.63, 3.8) is 0 Å². The van der Waals surface area contributed by atoms with E-state index in [9.17, 15) is 5.11 Å². The normalized spacial score (nSPS) is 29.4. The lowest BCUT2D eigenvalue weighted by molar-refractivity contribution is 0.211. The van der Waals surface area contributed by atoms with Gasteiger partial charge in [-0.3, -0.25) is 4.68 Å². The third-order valence-electron chi connectivity index (χ3n) is 3.42. The second-order valence-corrected chi connectivity index (χ2v) is 4.52. The highest BCUT2D eigenvalue weighted by atomic mass is 16.3. The van der Waals surface area contributed by atoms with Gasteiger partial charge in [-0.1, -0.05) is 6.92 Å². The van der Waals surface area contributed by atoms with E-state index in [0.29, 0.717) is 12.5 Å². The lowest BCUT2D eigenvalue weighted by Crippen LogP contribution is -2.21. The molecule has 0 spiro atoms. The average molecular weight is 209 g/mol. The van der Waals surface area contributed by atoms with Gasteiger partial charge >= 0.3 is 0 Å². The summed E-state index contributed by atoms with van der Waals surface area (Å²) < 4.78 is 1.96. The molecule has 2 unspecified atom stereocenters. The van der Waals surface area contributed by atoms with Crippen LogP contribution >= 0.6 is 0 Å². The number of aliphatic hydroxyl groups excluding tert-OH is 1. The zero-order valence-corrected chi connectivity index (χ0v) is 9.19. The predicted molar refractivity (Wildman–Crippen MR) is 58.4 cm³/mol. The van der Waals surface area contributed by atoms with Gasteiger partial charge in [0.1, 0.15) is 0 Å². The highest BCUT2D eigenvalue weighted by molar-refractivity contribution is 5.26. The van der Waals surface area contributed by atoms with Gasteiger partial charge in [0.15, 0.2) is 0 Å². The van der Waals surface area contributed by atoms with Gasteiger partial charge in [-0.25, -0.2) is 0 Å². The number of aryl methyl sites for hydroxylation is 1. The summed E-state index contributed by atoms with van der Waals surface area (Å²) in [6, 6.07) is 0. The van der Waals surface area contributed by atoms with Crippen LogP contribution in [0.15, 0.2) is 12.4 Å². The fourth-order valence-corrected chi connectivity index (χ4v) is 2.19. The molecule has 1 aromatic heterocycles. The first-order chi connectivity index (χ1) is 7.25. The molecule has 1 aromatic rings. The zero-order valence-electron chi connectivity index (χ0n) is 9.19. The lowest BCUT2D eigenvalue weighted by Gasteiger charge is -2.09. The smallest absolute Gasteiger partial charge is 0.0524 e. The van der Waals surface area contributed by atoms with Gasteiger partial charge in [-0.2, -0.15) is 5.10 Å². The van der Waals surface area contributed by atoms with Crippen LogP contribution < -0.4 is 5.73 Å². The van der Waals surface area contributed by atoms with Crippen LogP contribution in [0.25, 0.3) is 0 Å². The summed E-state index contributed by atoms with van der Waals surface area (Å²) in [6.07, 6.45) is 6.08. The Morgan fingerprint density at radius 2 is 2.53 bits per heavy atom. The highest BCUT2D eigenvalue weighted by Crippen LogP contribution is 2.58. The standard InChI is InChI=1S/C11H19N3O/c1-2-3-14-6-9(5-13-14)10-4-11(10,7-12)8-15/h5-6,10,15H,2-4,7-8,12H2,1H3. The van der Waals surface area contributed by atoms with Crippen LogP contribution in [-0.2, 0) is 6.54 Å². The van der Waals surface area contributed by atoms with Crippen LogP contribution in [0.5, 0.6) is 0 Å². The number of hydrogen-bond acceptors (Lipinski definition) is 3. The van der Waals surface area contributed by atoms with E-state index in [1.807, 2.05) is 10.9 Å². The molecule has 0 aromatic carbocycles. The van der Waals surface area contributed by atoms with Gasteiger partial charge in [-0.15, -0.1) is 0 Å². The van der Waals surface area contributed by atoms with Crippen LogP contribution in [0.2, 0.25) is 0 Å². The minimum Gasteiger partial charge on any atom is -0.396 e. The fourth-order valence-electron chi connectivity index (χ4n) is 2.19. The molecule has 4 heteroatoms. The van der Waals surface area contributed by atoms with E-state index < -0.39 is 0 Å². The maximum absolute atomic E-state index is 9.29. The van der Waals surface area contributed by atoms with Crippen LogP contribution in [0.1, 0.15) is 31.2 Å². The average Bonchev–Trinajstić information content (AvgIpc) is 2.83. The monoisotopic (exact) mass is 209 g/mol. The number of rotatable bonds is 5. The van der Waals surface area contributed by atoms with Crippen LogP contribution in [-0.4, -0.2) is 28.0 Å². The van der Waals surface area contributed by atoms with Gasteiger partial charge in [0.05, 0.1) is 12.8 Å². The largest absolute Gasteiger partial charge is 0.396 e. The summed E-state index contributed by atoms with van der Waals surface area (Å²) in [7, 11) is 0. The topological polar surface area (TPSA) is 64.1 Å². The Bertz CT molecular complexity index is 330. The molecule has 15 heavy (non-hydrogen) atoms. The summed E-state index contributed by atoms with van der Waals surface area (Å²) in [4.78, 5) is 0. The first kappa shape index (κ1) is 10.6. The van der Waals surface area contributed by atoms with Crippen molar-refractivity contribution in [1.82, 2.24) is 9.78 Å². The molecule has 1 saturated carbocycles. The number of nitrogens with two attached hydrogens (primary N) is 1. The Hall–Kier alpha value is -0.870. The lowest BCUT2D eigenvalue weighted by atomic mass is 10.0. The van der Waals surface area contributed by atoms with Gasteiger partial charge in [0.25, 0.3) is 0 Å². The van der Waals surface area contributed by atoms with Gasteiger partial charge in [-0.05, 0) is 24.3 Å². The molecule has 0 aliphatic heterocycles. The molecular weight excluding hydrogens is 190 g/mol. The first-order valence-electron chi connectivity index (χ1n) is 5.59. The first-order valence-corrected chi connectivity index (χ1v) is 5.59. The van der Waals surface area contributed by atoms with Crippen molar-refractivity contribution in [3.8, 4) is 0 Å². The van der Waals surface area contributed by atoms with Gasteiger partial charge in [0, 0.05) is 24.7 Å². The summed E-state index contributed by atoms with van der Waals surface area (Å²) in [5, 5.41) is 13.6. The van der Waals surface area contributed by atoms with Crippen molar-refractivity contribution in [2.24, 2.45) is 11.1 Å². The molecule has 0 saturated heterocycles. The molecule has 0 radical (unpaired) electrons. The molecule has 1 heterocycles. The van der Waals surface area contributed by atoms with Gasteiger partial charge in [0.2, 0.25) is 0 Å². The summed E-state index contributed by atoms with van der Waals surface area (Å²) in [5.41, 5.74) is 6.85. The Labute approximate surface area is 90.1 Å². The molecular formula is C11H19N3O. The fraction of sp³-hybridized carbons (Fsp3) is 0.727. The predicted octanol–water partition coefficient (Wildman–Crippen LogP) is 0.718. The Balaban J connectivity index is 2.06. The van der Waals surface area contributed by atoms with E-state index in [1.165, 1.54) is 5.56 Å². The van der Waals surface area contributed by atoms with E-state index in [-0.39, 0.29) is 12.0 Å². The van der Waals surface area contributed by atoms with E-state index in [2.05, 4.69) is 18.2 Å². The summed E-state index contributed by atoms with van der Waals surface area (Å²) in [5.74, 6) is 0.415. The van der Waals surface area contributed by atoms with Gasteiger partial charge < -0.3 is 10.8 Å².